The van der Waals surface area contributed by atoms with Crippen LogP contribution in [0.1, 0.15) is 115 Å². The van der Waals surface area contributed by atoms with Gasteiger partial charge < -0.3 is 0 Å². The van der Waals surface area contributed by atoms with Crippen molar-refractivity contribution in [2.45, 2.75) is 13.8 Å². The molecule has 0 spiro atoms. The van der Waals surface area contributed by atoms with Crippen molar-refractivity contribution < 1.29 is 72.1 Å². The van der Waals surface area contributed by atoms with Crippen LogP contribution in [0.5, 0.6) is 0 Å². The Morgan fingerprint density at radius 1 is 0.277 bits per heavy atom. The summed E-state index contributed by atoms with van der Waals surface area (Å²) in [4.78, 5) is 149. The number of imide groups is 5. The van der Waals surface area contributed by atoms with Gasteiger partial charge in [0.15, 0.2) is 0 Å². The minimum Gasteiger partial charge on any atom is -0.266 e. The average molecular weight is 1120 g/mol. The number of benzene rings is 7. The number of hydrogen-bond donors (Lipinski definition) is 0. The van der Waals surface area contributed by atoms with E-state index in [9.17, 15) is 47.9 Å². The van der Waals surface area contributed by atoms with E-state index in [0.29, 0.717) is 55.1 Å². The molecule has 0 atom stereocenters. The Bertz CT molecular complexity index is 3960. The predicted octanol–water partition coefficient (Wildman–Crippen LogP) is 8.24. The van der Waals surface area contributed by atoms with Gasteiger partial charge in [0.25, 0.3) is 53.2 Å². The second-order valence-corrected chi connectivity index (χ2v) is 18.6. The zero-order valence-corrected chi connectivity index (χ0v) is 45.1. The quantitative estimate of drug-likeness (QED) is 0.116. The molecule has 414 valence electrons. The first-order valence-corrected chi connectivity index (χ1v) is 25.0. The largest absolute Gasteiger partial charge is 0.304 e. The number of fused-ring (bicyclic) bond motifs is 9. The van der Waals surface area contributed by atoms with Gasteiger partial charge in [-0.3, -0.25) is 82.1 Å². The lowest BCUT2D eigenvalue weighted by molar-refractivity contribution is -0.0650. The standard InChI is InChI=1S/C17H11NO3.C13H9NO3.C12H8N2O3.C11H11NO3.C8H6N2O3/c1-21-18-16(19)14-8-12-6-10-4-2-3-5-11(10)7-13(12)9-15(14)17(18)20;1-17-14-12(15)10-6-8-4-2-3-5-9(8)7-11(10)13(14)16;1-17-14-11(15)8-5-7-3-2-4-13-10(7)6-9(8)12(14)16;1-6-4-8-9(5-7(6)2)11(14)12(15-3)10(8)13;1-13-10-7(11)5-3-2-4-9-6(5)8(10)12/h2-9H,1H3;2-7H,1H3;2-6H,1H3;4-5H,1-3H3;2-4H,1H3. The molecule has 22 heteroatoms. The average Bonchev–Trinajstić information content (AvgIpc) is 2.70. The van der Waals surface area contributed by atoms with Crippen molar-refractivity contribution >= 4 is 102 Å². The fourth-order valence-corrected chi connectivity index (χ4v) is 9.70. The summed E-state index contributed by atoms with van der Waals surface area (Å²) in [6, 6.07) is 40.1. The Kier molecular flexibility index (Phi) is 15.1. The molecule has 22 nitrogen and oxygen atoms in total. The van der Waals surface area contributed by atoms with Crippen LogP contribution in [0, 0.1) is 13.8 Å². The van der Waals surface area contributed by atoms with Gasteiger partial charge >= 0.3 is 5.91 Å². The van der Waals surface area contributed by atoms with Gasteiger partial charge in [-0.2, -0.15) is 0 Å². The SMILES string of the molecule is CON1C(=O)c2cc(C)c(C)cc2C1=O.CON1C(=O)c2cc3cc4ccccc4cc3cc2C1=O.CON1C(=O)c2cc3ccccc3cc2C1=O.CON1C(=O)c2cc3cccnc3cc2C1=O.CON1C(=O)c2cccnc2C1=O. The maximum atomic E-state index is 12.1. The molecule has 7 heterocycles. The summed E-state index contributed by atoms with van der Waals surface area (Å²) < 4.78 is 0. The van der Waals surface area contributed by atoms with E-state index in [4.69, 9.17) is 19.4 Å². The number of nitrogens with zero attached hydrogens (tertiary/aromatic N) is 7. The molecule has 0 radical (unpaired) electrons. The Hall–Kier alpha value is -10.6. The van der Waals surface area contributed by atoms with E-state index in [2.05, 4.69) is 14.8 Å². The molecule has 2 aromatic heterocycles. The van der Waals surface area contributed by atoms with Crippen molar-refractivity contribution in [3.8, 4) is 0 Å². The van der Waals surface area contributed by atoms with Gasteiger partial charge in [0.2, 0.25) is 0 Å². The van der Waals surface area contributed by atoms with Gasteiger partial charge in [-0.1, -0.05) is 54.6 Å². The topological polar surface area (TPSA) is 259 Å². The highest BCUT2D eigenvalue weighted by molar-refractivity contribution is 6.25. The number of pyridine rings is 2. The molecule has 5 aliphatic rings. The molecule has 5 aliphatic heterocycles. The van der Waals surface area contributed by atoms with Crippen molar-refractivity contribution in [3.05, 3.63) is 213 Å². The first-order chi connectivity index (χ1) is 39.9. The van der Waals surface area contributed by atoms with Crippen LogP contribution in [0.15, 0.2) is 146 Å². The normalized spacial score (nSPS) is 14.6. The van der Waals surface area contributed by atoms with Crippen LogP contribution in [-0.4, -0.2) is 130 Å². The highest BCUT2D eigenvalue weighted by Gasteiger charge is 2.41. The Balaban J connectivity index is 0.000000117. The lowest BCUT2D eigenvalue weighted by Crippen LogP contribution is -2.28. The zero-order valence-electron chi connectivity index (χ0n) is 45.1. The minimum atomic E-state index is -0.511. The fourth-order valence-electron chi connectivity index (χ4n) is 9.70. The third-order valence-corrected chi connectivity index (χ3v) is 13.9. The molecular formula is C61H45N7O15. The molecule has 83 heavy (non-hydrogen) atoms. The van der Waals surface area contributed by atoms with Crippen LogP contribution in [0.3, 0.4) is 0 Å². The van der Waals surface area contributed by atoms with Crippen LogP contribution in [-0.2, 0) is 24.2 Å². The Labute approximate surface area is 470 Å². The van der Waals surface area contributed by atoms with Crippen LogP contribution in [0.4, 0.5) is 0 Å². The van der Waals surface area contributed by atoms with E-state index in [0.717, 1.165) is 69.1 Å². The summed E-state index contributed by atoms with van der Waals surface area (Å²) in [6.07, 6.45) is 3.10. The van der Waals surface area contributed by atoms with Crippen molar-refractivity contribution in [1.29, 1.82) is 0 Å². The number of aromatic nitrogens is 2. The van der Waals surface area contributed by atoms with Crippen LogP contribution < -0.4 is 0 Å². The van der Waals surface area contributed by atoms with Crippen molar-refractivity contribution in [3.63, 3.8) is 0 Å². The van der Waals surface area contributed by atoms with Gasteiger partial charge in [-0.25, -0.2) is 0 Å². The highest BCUT2D eigenvalue weighted by Crippen LogP contribution is 2.33. The highest BCUT2D eigenvalue weighted by atomic mass is 16.7. The van der Waals surface area contributed by atoms with Gasteiger partial charge in [-0.15, -0.1) is 25.3 Å². The van der Waals surface area contributed by atoms with E-state index in [1.807, 2.05) is 80.6 Å². The van der Waals surface area contributed by atoms with Gasteiger partial charge in [0, 0.05) is 17.8 Å². The smallest absolute Gasteiger partial charge is 0.266 e. The van der Waals surface area contributed by atoms with Crippen molar-refractivity contribution in [1.82, 2.24) is 35.3 Å². The van der Waals surface area contributed by atoms with Crippen molar-refractivity contribution in [2.75, 3.05) is 35.5 Å². The van der Waals surface area contributed by atoms with E-state index < -0.39 is 47.3 Å². The first kappa shape index (κ1) is 55.7. The number of amides is 10. The third kappa shape index (κ3) is 9.79. The molecule has 0 bridgehead atoms. The maximum absolute atomic E-state index is 12.1. The molecule has 0 unspecified atom stereocenters. The van der Waals surface area contributed by atoms with Crippen molar-refractivity contribution in [2.24, 2.45) is 0 Å². The number of carbonyl (C=O) groups excluding carboxylic acids is 10. The third-order valence-electron chi connectivity index (χ3n) is 13.9. The number of hydroxylamine groups is 10. The molecule has 14 rings (SSSR count). The molecular weight excluding hydrogens is 1070 g/mol. The summed E-state index contributed by atoms with van der Waals surface area (Å²) in [6.45, 7) is 3.81. The molecule has 0 saturated heterocycles. The van der Waals surface area contributed by atoms with Gasteiger partial charge in [-0.05, 0) is 136 Å². The lowest BCUT2D eigenvalue weighted by Gasteiger charge is -2.07. The van der Waals surface area contributed by atoms with E-state index in [1.54, 1.807) is 72.9 Å². The molecule has 0 saturated carbocycles. The van der Waals surface area contributed by atoms with Gasteiger partial charge in [0.1, 0.15) is 5.69 Å². The summed E-state index contributed by atoms with van der Waals surface area (Å²) >= 11 is 0. The number of hydrogen-bond acceptors (Lipinski definition) is 17. The second kappa shape index (κ2) is 22.5. The van der Waals surface area contributed by atoms with Crippen LogP contribution in [0.2, 0.25) is 0 Å². The van der Waals surface area contributed by atoms with Gasteiger partial charge in [0.05, 0.1) is 91.1 Å². The number of carbonyl (C=O) groups is 10. The second-order valence-electron chi connectivity index (χ2n) is 18.6. The monoisotopic (exact) mass is 1120 g/mol. The van der Waals surface area contributed by atoms with E-state index >= 15 is 0 Å². The number of rotatable bonds is 5. The molecule has 0 aliphatic carbocycles. The predicted molar refractivity (Wildman–Crippen MR) is 295 cm³/mol. The Morgan fingerprint density at radius 3 is 0.928 bits per heavy atom. The fraction of sp³-hybridized carbons (Fsp3) is 0.115. The summed E-state index contributed by atoms with van der Waals surface area (Å²) in [5.41, 5.74) is 6.23. The van der Waals surface area contributed by atoms with E-state index in [1.165, 1.54) is 41.7 Å². The zero-order chi connectivity index (χ0) is 59.1. The Morgan fingerprint density at radius 2 is 0.554 bits per heavy atom. The molecule has 7 aromatic carbocycles. The van der Waals surface area contributed by atoms with Crippen LogP contribution >= 0.6 is 0 Å². The lowest BCUT2D eigenvalue weighted by atomic mass is 9.99. The molecule has 9 aromatic rings. The molecule has 0 fully saturated rings. The maximum Gasteiger partial charge on any atom is 0.304 e. The summed E-state index contributed by atoms with van der Waals surface area (Å²) in [7, 11) is 6.49. The molecule has 0 N–H and O–H groups in total. The summed E-state index contributed by atoms with van der Waals surface area (Å²) in [5.74, 6) is -4.25. The van der Waals surface area contributed by atoms with E-state index in [-0.39, 0.29) is 23.1 Å². The minimum absolute atomic E-state index is 0.148. The van der Waals surface area contributed by atoms with Crippen LogP contribution in [0.25, 0.3) is 43.2 Å². The number of aryl methyl sites for hydroxylation is 2. The molecule has 10 amide bonds. The first-order valence-electron chi connectivity index (χ1n) is 25.0. The summed E-state index contributed by atoms with van der Waals surface area (Å²) in [5, 5.41) is 10.6.